The number of benzene rings is 2. The van der Waals surface area contributed by atoms with E-state index in [2.05, 4.69) is 15.9 Å². The van der Waals surface area contributed by atoms with Gasteiger partial charge in [-0.3, -0.25) is 0 Å². The molecule has 2 aromatic rings. The number of aliphatic carboxylic acids is 1. The molecular formula is C15H9BrCl2O3. The molecule has 0 aliphatic heterocycles. The molecule has 0 aliphatic rings. The molecule has 0 aromatic heterocycles. The molecule has 3 nitrogen and oxygen atoms in total. The summed E-state index contributed by atoms with van der Waals surface area (Å²) in [5, 5.41) is 9.59. The summed E-state index contributed by atoms with van der Waals surface area (Å²) < 4.78 is 6.54. The maximum atomic E-state index is 10.6. The predicted octanol–water partition coefficient (Wildman–Crippen LogP) is 5.65. The summed E-state index contributed by atoms with van der Waals surface area (Å²) in [5.41, 5.74) is 0.617. The van der Waals surface area contributed by atoms with E-state index in [4.69, 9.17) is 33.0 Å². The van der Waals surface area contributed by atoms with Crippen molar-refractivity contribution >= 4 is 51.2 Å². The smallest absolute Gasteiger partial charge is 0.328 e. The number of carboxylic acids is 1. The van der Waals surface area contributed by atoms with Gasteiger partial charge in [-0.05, 0) is 36.4 Å². The van der Waals surface area contributed by atoms with E-state index in [-0.39, 0.29) is 0 Å². The lowest BCUT2D eigenvalue weighted by Gasteiger charge is -2.11. The largest absolute Gasteiger partial charge is 0.478 e. The van der Waals surface area contributed by atoms with Crippen molar-refractivity contribution in [3.8, 4) is 11.5 Å². The second-order valence-corrected chi connectivity index (χ2v) is 5.79. The van der Waals surface area contributed by atoms with Crippen LogP contribution in [0.4, 0.5) is 0 Å². The van der Waals surface area contributed by atoms with Crippen LogP contribution in [0.5, 0.6) is 11.5 Å². The van der Waals surface area contributed by atoms with Crippen LogP contribution in [0.1, 0.15) is 5.56 Å². The number of ether oxygens (including phenoxy) is 1. The molecule has 0 unspecified atom stereocenters. The quantitative estimate of drug-likeness (QED) is 0.690. The zero-order valence-electron chi connectivity index (χ0n) is 10.5. The zero-order chi connectivity index (χ0) is 15.4. The second-order valence-electron chi connectivity index (χ2n) is 4.03. The summed E-state index contributed by atoms with van der Waals surface area (Å²) in [7, 11) is 0. The van der Waals surface area contributed by atoms with Crippen LogP contribution in [0.2, 0.25) is 10.0 Å². The highest BCUT2D eigenvalue weighted by Gasteiger charge is 2.08. The molecule has 1 N–H and O–H groups in total. The van der Waals surface area contributed by atoms with Crippen LogP contribution in [-0.2, 0) is 4.79 Å². The Hall–Kier alpha value is -1.49. The van der Waals surface area contributed by atoms with Gasteiger partial charge in [-0.1, -0.05) is 45.2 Å². The van der Waals surface area contributed by atoms with Crippen molar-refractivity contribution in [2.24, 2.45) is 0 Å². The number of hydrogen-bond donors (Lipinski definition) is 1. The standard InChI is InChI=1S/C15H9BrCl2O3/c16-10-3-1-9(2-6-15(19)20)14(7-10)21-13-5-4-11(17)8-12(13)18/h1-8H,(H,19,20)/b6-2+. The third kappa shape index (κ3) is 4.49. The second kappa shape index (κ2) is 6.98. The van der Waals surface area contributed by atoms with Gasteiger partial charge in [-0.2, -0.15) is 0 Å². The monoisotopic (exact) mass is 386 g/mol. The lowest BCUT2D eigenvalue weighted by atomic mass is 10.2. The van der Waals surface area contributed by atoms with Crippen LogP contribution in [0.25, 0.3) is 6.08 Å². The molecule has 0 radical (unpaired) electrons. The van der Waals surface area contributed by atoms with Crippen LogP contribution >= 0.6 is 39.1 Å². The molecule has 0 aliphatic carbocycles. The fourth-order valence-electron chi connectivity index (χ4n) is 1.57. The maximum Gasteiger partial charge on any atom is 0.328 e. The Balaban J connectivity index is 2.38. The molecule has 0 atom stereocenters. The van der Waals surface area contributed by atoms with Gasteiger partial charge in [-0.25, -0.2) is 4.79 Å². The van der Waals surface area contributed by atoms with Crippen LogP contribution in [0.15, 0.2) is 46.9 Å². The minimum absolute atomic E-state index is 0.371. The summed E-state index contributed by atoms with van der Waals surface area (Å²) in [6.07, 6.45) is 2.49. The van der Waals surface area contributed by atoms with Crippen molar-refractivity contribution in [3.63, 3.8) is 0 Å². The van der Waals surface area contributed by atoms with E-state index in [1.807, 2.05) is 0 Å². The van der Waals surface area contributed by atoms with E-state index in [1.54, 1.807) is 36.4 Å². The van der Waals surface area contributed by atoms with Crippen molar-refractivity contribution < 1.29 is 14.6 Å². The lowest BCUT2D eigenvalue weighted by molar-refractivity contribution is -0.131. The molecule has 0 saturated carbocycles. The number of rotatable bonds is 4. The molecule has 108 valence electrons. The van der Waals surface area contributed by atoms with Crippen LogP contribution in [0.3, 0.4) is 0 Å². The summed E-state index contributed by atoms with van der Waals surface area (Å²) in [6.45, 7) is 0. The van der Waals surface area contributed by atoms with Crippen LogP contribution in [0, 0.1) is 0 Å². The van der Waals surface area contributed by atoms with Crippen LogP contribution < -0.4 is 4.74 Å². The van der Waals surface area contributed by atoms with Gasteiger partial charge in [-0.15, -0.1) is 0 Å². The Bertz CT molecular complexity index is 714. The first kappa shape index (κ1) is 15.9. The van der Waals surface area contributed by atoms with Crippen molar-refractivity contribution in [2.75, 3.05) is 0 Å². The summed E-state index contributed by atoms with van der Waals surface area (Å²) in [5.74, 6) is -0.122. The first-order valence-electron chi connectivity index (χ1n) is 5.79. The van der Waals surface area contributed by atoms with Crippen molar-refractivity contribution in [1.29, 1.82) is 0 Å². The van der Waals surface area contributed by atoms with Gasteiger partial charge in [0.2, 0.25) is 0 Å². The highest BCUT2D eigenvalue weighted by atomic mass is 79.9. The Morgan fingerprint density at radius 2 is 1.90 bits per heavy atom. The highest BCUT2D eigenvalue weighted by molar-refractivity contribution is 9.10. The fraction of sp³-hybridized carbons (Fsp3) is 0. The molecule has 6 heteroatoms. The Kier molecular flexibility index (Phi) is 5.28. The number of halogens is 3. The third-order valence-corrected chi connectivity index (χ3v) is 3.52. The van der Waals surface area contributed by atoms with Gasteiger partial charge in [0.1, 0.15) is 11.5 Å². The number of carbonyl (C=O) groups is 1. The Morgan fingerprint density at radius 3 is 2.57 bits per heavy atom. The van der Waals surface area contributed by atoms with Gasteiger partial charge in [0, 0.05) is 21.1 Å². The van der Waals surface area contributed by atoms with Crippen LogP contribution in [-0.4, -0.2) is 11.1 Å². The van der Waals surface area contributed by atoms with Gasteiger partial charge < -0.3 is 9.84 Å². The SMILES string of the molecule is O=C(O)/C=C/c1ccc(Br)cc1Oc1ccc(Cl)cc1Cl. The van der Waals surface area contributed by atoms with Crippen molar-refractivity contribution in [2.45, 2.75) is 0 Å². The average molecular weight is 388 g/mol. The highest BCUT2D eigenvalue weighted by Crippen LogP contribution is 2.34. The molecule has 0 saturated heterocycles. The molecule has 0 fully saturated rings. The van der Waals surface area contributed by atoms with E-state index in [9.17, 15) is 4.79 Å². The molecule has 0 spiro atoms. The van der Waals surface area contributed by atoms with E-state index in [0.29, 0.717) is 27.1 Å². The molecule has 0 heterocycles. The topological polar surface area (TPSA) is 46.5 Å². The van der Waals surface area contributed by atoms with Gasteiger partial charge in [0.05, 0.1) is 5.02 Å². The third-order valence-electron chi connectivity index (χ3n) is 2.49. The number of carboxylic acid groups (broad SMARTS) is 1. The Morgan fingerprint density at radius 1 is 1.14 bits per heavy atom. The van der Waals surface area contributed by atoms with Gasteiger partial charge in [0.15, 0.2) is 0 Å². The maximum absolute atomic E-state index is 10.6. The Labute approximate surface area is 139 Å². The first-order chi connectivity index (χ1) is 9.95. The molecule has 21 heavy (non-hydrogen) atoms. The summed E-state index contributed by atoms with van der Waals surface area (Å²) in [4.78, 5) is 10.6. The zero-order valence-corrected chi connectivity index (χ0v) is 13.6. The minimum Gasteiger partial charge on any atom is -0.478 e. The molecule has 0 bridgehead atoms. The van der Waals surface area contributed by atoms with E-state index in [1.165, 1.54) is 6.08 Å². The first-order valence-corrected chi connectivity index (χ1v) is 7.34. The molecule has 0 amide bonds. The lowest BCUT2D eigenvalue weighted by Crippen LogP contribution is -1.90. The molecule has 2 aromatic carbocycles. The molecular weight excluding hydrogens is 379 g/mol. The van der Waals surface area contributed by atoms with Gasteiger partial charge >= 0.3 is 5.97 Å². The van der Waals surface area contributed by atoms with E-state index < -0.39 is 5.97 Å². The summed E-state index contributed by atoms with van der Waals surface area (Å²) >= 11 is 15.2. The summed E-state index contributed by atoms with van der Waals surface area (Å²) in [6, 6.07) is 10.1. The minimum atomic E-state index is -1.03. The fourth-order valence-corrected chi connectivity index (χ4v) is 2.36. The van der Waals surface area contributed by atoms with E-state index >= 15 is 0 Å². The predicted molar refractivity (Wildman–Crippen MR) is 87.3 cm³/mol. The normalized spacial score (nSPS) is 10.8. The molecule has 2 rings (SSSR count). The number of hydrogen-bond acceptors (Lipinski definition) is 2. The van der Waals surface area contributed by atoms with Gasteiger partial charge in [0.25, 0.3) is 0 Å². The average Bonchev–Trinajstić information content (AvgIpc) is 2.41. The van der Waals surface area contributed by atoms with E-state index in [0.717, 1.165) is 10.5 Å². The van der Waals surface area contributed by atoms with Crippen molar-refractivity contribution in [3.05, 3.63) is 62.6 Å². The van der Waals surface area contributed by atoms with Crippen molar-refractivity contribution in [1.82, 2.24) is 0 Å².